The maximum atomic E-state index is 13.1. The monoisotopic (exact) mass is 320 g/mol. The van der Waals surface area contributed by atoms with Gasteiger partial charge in [0.25, 0.3) is 5.56 Å². The van der Waals surface area contributed by atoms with Gasteiger partial charge in [-0.15, -0.1) is 10.2 Å². The number of hydrogen-bond acceptors (Lipinski definition) is 5. The quantitative estimate of drug-likeness (QED) is 0.772. The van der Waals surface area contributed by atoms with Crippen molar-refractivity contribution in [2.24, 2.45) is 0 Å². The molecule has 3 rings (SSSR count). The minimum Gasteiger partial charge on any atom is -0.469 e. The minimum atomic E-state index is -0.527. The number of rotatable bonds is 4. The van der Waals surface area contributed by atoms with Crippen molar-refractivity contribution < 1.29 is 8.81 Å². The summed E-state index contributed by atoms with van der Waals surface area (Å²) >= 11 is 5.68. The number of aromatic nitrogens is 3. The molecule has 0 aliphatic heterocycles. The van der Waals surface area contributed by atoms with Crippen LogP contribution in [0.1, 0.15) is 11.5 Å². The molecule has 0 saturated carbocycles. The third-order valence-corrected chi connectivity index (χ3v) is 3.16. The number of hydrogen-bond donors (Lipinski definition) is 2. The van der Waals surface area contributed by atoms with Gasteiger partial charge >= 0.3 is 0 Å². The Morgan fingerprint density at radius 1 is 1.32 bits per heavy atom. The van der Waals surface area contributed by atoms with Crippen molar-refractivity contribution in [2.75, 3.05) is 5.32 Å². The van der Waals surface area contributed by atoms with E-state index in [2.05, 4.69) is 20.5 Å². The molecule has 2 aromatic heterocycles. The molecule has 0 atom stereocenters. The molecule has 0 bridgehead atoms. The Bertz CT molecular complexity index is 848. The predicted octanol–water partition coefficient (Wildman–Crippen LogP) is 2.88. The molecular weight excluding hydrogens is 311 g/mol. The van der Waals surface area contributed by atoms with Gasteiger partial charge in [0.2, 0.25) is 5.95 Å². The standard InChI is InChI=1S/C14H10ClFN4O2/c15-10-6-8(3-4-11(10)16)17-14-18-13(21)12(19-20-14)7-9-2-1-5-22-9/h1-6H,7H2,(H2,17,18,20,21). The van der Waals surface area contributed by atoms with E-state index in [1.54, 1.807) is 12.1 Å². The molecule has 0 spiro atoms. The molecule has 3 aromatic rings. The maximum Gasteiger partial charge on any atom is 0.274 e. The SMILES string of the molecule is O=c1[nH]c(Nc2ccc(F)c(Cl)c2)nnc1Cc1ccco1. The molecule has 0 saturated heterocycles. The van der Waals surface area contributed by atoms with Gasteiger partial charge in [-0.05, 0) is 30.3 Å². The molecule has 112 valence electrons. The number of H-pyrrole nitrogens is 1. The van der Waals surface area contributed by atoms with Crippen LogP contribution in [-0.2, 0) is 6.42 Å². The largest absolute Gasteiger partial charge is 0.469 e. The molecule has 0 radical (unpaired) electrons. The second kappa shape index (κ2) is 5.98. The van der Waals surface area contributed by atoms with Crippen LogP contribution in [0.4, 0.5) is 16.0 Å². The van der Waals surface area contributed by atoms with Gasteiger partial charge in [-0.25, -0.2) is 4.39 Å². The fourth-order valence-electron chi connectivity index (χ4n) is 1.82. The van der Waals surface area contributed by atoms with Gasteiger partial charge in [0.05, 0.1) is 17.7 Å². The molecule has 2 heterocycles. The van der Waals surface area contributed by atoms with Gasteiger partial charge in [0.1, 0.15) is 17.3 Å². The van der Waals surface area contributed by atoms with E-state index in [9.17, 15) is 9.18 Å². The fourth-order valence-corrected chi connectivity index (χ4v) is 2.00. The summed E-state index contributed by atoms with van der Waals surface area (Å²) in [6.45, 7) is 0. The molecule has 6 nitrogen and oxygen atoms in total. The first kappa shape index (κ1) is 14.3. The molecule has 1 aromatic carbocycles. The van der Waals surface area contributed by atoms with E-state index in [1.807, 2.05) is 0 Å². The van der Waals surface area contributed by atoms with E-state index in [4.69, 9.17) is 16.0 Å². The smallest absolute Gasteiger partial charge is 0.274 e. The second-order valence-electron chi connectivity index (χ2n) is 4.46. The Morgan fingerprint density at radius 2 is 2.18 bits per heavy atom. The van der Waals surface area contributed by atoms with Crippen LogP contribution in [0.25, 0.3) is 0 Å². The summed E-state index contributed by atoms with van der Waals surface area (Å²) in [6.07, 6.45) is 1.77. The maximum absolute atomic E-state index is 13.1. The number of nitrogens with zero attached hydrogens (tertiary/aromatic N) is 2. The molecule has 22 heavy (non-hydrogen) atoms. The second-order valence-corrected chi connectivity index (χ2v) is 4.87. The molecule has 0 unspecified atom stereocenters. The normalized spacial score (nSPS) is 10.6. The van der Waals surface area contributed by atoms with E-state index in [0.717, 1.165) is 0 Å². The number of benzene rings is 1. The first-order valence-corrected chi connectivity index (χ1v) is 6.70. The molecule has 0 aliphatic rings. The van der Waals surface area contributed by atoms with Gasteiger partial charge in [0, 0.05) is 5.69 Å². The first-order valence-electron chi connectivity index (χ1n) is 6.32. The lowest BCUT2D eigenvalue weighted by molar-refractivity contribution is 0.517. The Labute approximate surface area is 129 Å². The summed E-state index contributed by atoms with van der Waals surface area (Å²) in [7, 11) is 0. The number of aromatic amines is 1. The lowest BCUT2D eigenvalue weighted by Crippen LogP contribution is -2.18. The van der Waals surface area contributed by atoms with E-state index >= 15 is 0 Å². The number of anilines is 2. The first-order chi connectivity index (χ1) is 10.6. The molecule has 0 aliphatic carbocycles. The van der Waals surface area contributed by atoms with Gasteiger partial charge in [-0.2, -0.15) is 0 Å². The van der Waals surface area contributed by atoms with Crippen LogP contribution in [0.5, 0.6) is 0 Å². The van der Waals surface area contributed by atoms with Crippen LogP contribution in [-0.4, -0.2) is 15.2 Å². The molecule has 8 heteroatoms. The summed E-state index contributed by atoms with van der Waals surface area (Å²) in [4.78, 5) is 14.5. The van der Waals surface area contributed by atoms with Crippen LogP contribution in [0.15, 0.2) is 45.8 Å². The molecule has 0 amide bonds. The van der Waals surface area contributed by atoms with Crippen LogP contribution in [0.2, 0.25) is 5.02 Å². The summed E-state index contributed by atoms with van der Waals surface area (Å²) in [5.74, 6) is 0.224. The average molecular weight is 321 g/mol. The zero-order valence-corrected chi connectivity index (χ0v) is 11.9. The third kappa shape index (κ3) is 3.15. The zero-order valence-electron chi connectivity index (χ0n) is 11.1. The van der Waals surface area contributed by atoms with E-state index in [1.165, 1.54) is 24.5 Å². The average Bonchev–Trinajstić information content (AvgIpc) is 2.99. The van der Waals surface area contributed by atoms with Crippen molar-refractivity contribution in [3.8, 4) is 0 Å². The Hall–Kier alpha value is -2.67. The molecule has 0 fully saturated rings. The van der Waals surface area contributed by atoms with Gasteiger partial charge in [0.15, 0.2) is 0 Å². The van der Waals surface area contributed by atoms with Crippen LogP contribution in [0, 0.1) is 5.82 Å². The molecule has 2 N–H and O–H groups in total. The van der Waals surface area contributed by atoms with Crippen LogP contribution in [0.3, 0.4) is 0 Å². The van der Waals surface area contributed by atoms with Crippen molar-refractivity contribution in [3.63, 3.8) is 0 Å². The highest BCUT2D eigenvalue weighted by molar-refractivity contribution is 6.31. The zero-order chi connectivity index (χ0) is 15.5. The highest BCUT2D eigenvalue weighted by Gasteiger charge is 2.08. The molecular formula is C14H10ClFN4O2. The van der Waals surface area contributed by atoms with Gasteiger partial charge in [-0.1, -0.05) is 11.6 Å². The topological polar surface area (TPSA) is 83.8 Å². The minimum absolute atomic E-state index is 0.0326. The summed E-state index contributed by atoms with van der Waals surface area (Å²) in [5.41, 5.74) is 0.329. The summed E-state index contributed by atoms with van der Waals surface area (Å²) in [6, 6.07) is 7.53. The highest BCUT2D eigenvalue weighted by atomic mass is 35.5. The van der Waals surface area contributed by atoms with E-state index in [-0.39, 0.29) is 28.6 Å². The van der Waals surface area contributed by atoms with Crippen LogP contribution >= 0.6 is 11.6 Å². The predicted molar refractivity (Wildman–Crippen MR) is 78.9 cm³/mol. The Kier molecular flexibility index (Phi) is 3.88. The van der Waals surface area contributed by atoms with Crippen molar-refractivity contribution >= 4 is 23.2 Å². The highest BCUT2D eigenvalue weighted by Crippen LogP contribution is 2.20. The number of halogens is 2. The van der Waals surface area contributed by atoms with Crippen molar-refractivity contribution in [1.82, 2.24) is 15.2 Å². The Balaban J connectivity index is 1.79. The van der Waals surface area contributed by atoms with Crippen LogP contribution < -0.4 is 10.9 Å². The van der Waals surface area contributed by atoms with E-state index in [0.29, 0.717) is 11.4 Å². The van der Waals surface area contributed by atoms with Crippen molar-refractivity contribution in [1.29, 1.82) is 0 Å². The fraction of sp³-hybridized carbons (Fsp3) is 0.0714. The van der Waals surface area contributed by atoms with Gasteiger partial charge in [-0.3, -0.25) is 9.78 Å². The number of nitrogens with one attached hydrogen (secondary N) is 2. The lowest BCUT2D eigenvalue weighted by Gasteiger charge is -2.05. The van der Waals surface area contributed by atoms with E-state index < -0.39 is 5.82 Å². The third-order valence-electron chi connectivity index (χ3n) is 2.87. The Morgan fingerprint density at radius 3 is 2.86 bits per heavy atom. The summed E-state index contributed by atoms with van der Waals surface area (Å²) in [5, 5.41) is 10.5. The lowest BCUT2D eigenvalue weighted by atomic mass is 10.2. The number of furan rings is 1. The van der Waals surface area contributed by atoms with Crippen molar-refractivity contribution in [3.05, 3.63) is 69.2 Å². The summed E-state index contributed by atoms with van der Waals surface area (Å²) < 4.78 is 18.2. The van der Waals surface area contributed by atoms with Crippen molar-refractivity contribution in [2.45, 2.75) is 6.42 Å². The van der Waals surface area contributed by atoms with Gasteiger partial charge < -0.3 is 9.73 Å².